The lowest BCUT2D eigenvalue weighted by Gasteiger charge is -2.25. The smallest absolute Gasteiger partial charge is 0.341 e. The highest BCUT2D eigenvalue weighted by molar-refractivity contribution is 7.90. The van der Waals surface area contributed by atoms with E-state index in [2.05, 4.69) is 5.32 Å². The molecule has 0 saturated heterocycles. The van der Waals surface area contributed by atoms with Crippen molar-refractivity contribution in [1.29, 1.82) is 0 Å². The number of carbonyl (C=O) groups is 3. The fraction of sp³-hybridized carbons (Fsp3) is 0.350. The van der Waals surface area contributed by atoms with Crippen LogP contribution in [0.4, 0.5) is 5.00 Å². The van der Waals surface area contributed by atoms with E-state index in [0.29, 0.717) is 19.5 Å². The summed E-state index contributed by atoms with van der Waals surface area (Å²) in [6.07, 6.45) is 1.50. The molecule has 0 aliphatic carbocycles. The van der Waals surface area contributed by atoms with E-state index in [9.17, 15) is 22.8 Å². The predicted octanol–water partition coefficient (Wildman–Crippen LogP) is 2.49. The van der Waals surface area contributed by atoms with Crippen molar-refractivity contribution in [3.05, 3.63) is 45.8 Å². The van der Waals surface area contributed by atoms with Crippen LogP contribution in [0.5, 0.6) is 0 Å². The van der Waals surface area contributed by atoms with Crippen LogP contribution in [0, 0.1) is 0 Å². The van der Waals surface area contributed by atoms with Gasteiger partial charge >= 0.3 is 5.97 Å². The molecule has 1 aromatic heterocycles. The number of thiophene rings is 1. The topological polar surface area (TPSA) is 110 Å². The minimum atomic E-state index is -3.62. The lowest BCUT2D eigenvalue weighted by atomic mass is 10.0. The highest BCUT2D eigenvalue weighted by Gasteiger charge is 2.31. The Balaban J connectivity index is 2.01. The Morgan fingerprint density at radius 2 is 1.93 bits per heavy atom. The standard InChI is InChI=1S/C20H22N2O6S2/c1-4-28-20(25)17-13-9-10-22(12(2)23)11-15(13)29-19(17)21-18(24)14-7-5-6-8-16(14)30(3,26)27/h5-8H,4,9-11H2,1-3H3,(H,21,24). The van der Waals surface area contributed by atoms with E-state index < -0.39 is 21.7 Å². The maximum atomic E-state index is 12.9. The number of ether oxygens (including phenoxy) is 1. The van der Waals surface area contributed by atoms with Gasteiger partial charge in [-0.25, -0.2) is 13.2 Å². The number of carbonyl (C=O) groups excluding carboxylic acids is 3. The first-order chi connectivity index (χ1) is 14.1. The van der Waals surface area contributed by atoms with Gasteiger partial charge in [0, 0.05) is 24.6 Å². The first-order valence-corrected chi connectivity index (χ1v) is 12.0. The number of amides is 2. The molecule has 0 fully saturated rings. The van der Waals surface area contributed by atoms with Crippen molar-refractivity contribution in [1.82, 2.24) is 4.90 Å². The van der Waals surface area contributed by atoms with Gasteiger partial charge in [0.15, 0.2) is 9.84 Å². The molecular weight excluding hydrogens is 428 g/mol. The first kappa shape index (κ1) is 22.0. The molecule has 0 saturated carbocycles. The number of hydrogen-bond acceptors (Lipinski definition) is 7. The lowest BCUT2D eigenvalue weighted by Crippen LogP contribution is -2.34. The third-order valence-electron chi connectivity index (χ3n) is 4.74. The van der Waals surface area contributed by atoms with E-state index in [0.717, 1.165) is 16.7 Å². The summed E-state index contributed by atoms with van der Waals surface area (Å²) in [4.78, 5) is 39.6. The zero-order chi connectivity index (χ0) is 22.1. The predicted molar refractivity (Wildman–Crippen MR) is 113 cm³/mol. The van der Waals surface area contributed by atoms with E-state index in [4.69, 9.17) is 4.74 Å². The third-order valence-corrected chi connectivity index (χ3v) is 7.03. The summed E-state index contributed by atoms with van der Waals surface area (Å²) in [6, 6.07) is 5.89. The van der Waals surface area contributed by atoms with Crippen LogP contribution >= 0.6 is 11.3 Å². The van der Waals surface area contributed by atoms with Crippen molar-refractivity contribution in [2.75, 3.05) is 24.7 Å². The zero-order valence-electron chi connectivity index (χ0n) is 16.9. The van der Waals surface area contributed by atoms with E-state index >= 15 is 0 Å². The van der Waals surface area contributed by atoms with Gasteiger partial charge in [0.25, 0.3) is 5.91 Å². The molecule has 3 rings (SSSR count). The molecule has 2 amide bonds. The Hall–Kier alpha value is -2.72. The SMILES string of the molecule is CCOC(=O)c1c(NC(=O)c2ccccc2S(C)(=O)=O)sc2c1CCN(C(C)=O)C2. The van der Waals surface area contributed by atoms with Crippen LogP contribution in [0.2, 0.25) is 0 Å². The van der Waals surface area contributed by atoms with Gasteiger partial charge in [0.2, 0.25) is 5.91 Å². The molecule has 0 unspecified atom stereocenters. The second kappa shape index (κ2) is 8.57. The van der Waals surface area contributed by atoms with Crippen molar-refractivity contribution < 1.29 is 27.5 Å². The Kier molecular flexibility index (Phi) is 6.27. The van der Waals surface area contributed by atoms with E-state index in [1.54, 1.807) is 17.9 Å². The zero-order valence-corrected chi connectivity index (χ0v) is 18.5. The van der Waals surface area contributed by atoms with E-state index in [-0.39, 0.29) is 33.5 Å². The largest absolute Gasteiger partial charge is 0.462 e. The van der Waals surface area contributed by atoms with Gasteiger partial charge in [-0.3, -0.25) is 9.59 Å². The van der Waals surface area contributed by atoms with Crippen molar-refractivity contribution in [3.63, 3.8) is 0 Å². The number of hydrogen-bond donors (Lipinski definition) is 1. The monoisotopic (exact) mass is 450 g/mol. The number of benzene rings is 1. The first-order valence-electron chi connectivity index (χ1n) is 9.31. The second-order valence-corrected chi connectivity index (χ2v) is 9.93. The summed E-state index contributed by atoms with van der Waals surface area (Å²) in [6.45, 7) is 4.16. The van der Waals surface area contributed by atoms with E-state index in [1.165, 1.54) is 36.5 Å². The fourth-order valence-corrected chi connectivity index (χ4v) is 5.46. The van der Waals surface area contributed by atoms with Gasteiger partial charge in [-0.15, -0.1) is 11.3 Å². The number of nitrogens with one attached hydrogen (secondary N) is 1. The van der Waals surface area contributed by atoms with Crippen LogP contribution in [0.3, 0.4) is 0 Å². The average molecular weight is 451 g/mol. The number of sulfone groups is 1. The van der Waals surface area contributed by atoms with Gasteiger partial charge in [-0.05, 0) is 31.0 Å². The van der Waals surface area contributed by atoms with Crippen LogP contribution in [-0.2, 0) is 32.3 Å². The fourth-order valence-electron chi connectivity index (χ4n) is 3.33. The molecule has 0 radical (unpaired) electrons. The molecule has 1 aliphatic rings. The maximum absolute atomic E-state index is 12.9. The lowest BCUT2D eigenvalue weighted by molar-refractivity contribution is -0.129. The van der Waals surface area contributed by atoms with E-state index in [1.807, 2.05) is 0 Å². The van der Waals surface area contributed by atoms with Gasteiger partial charge in [0.1, 0.15) is 5.00 Å². The molecule has 8 nitrogen and oxygen atoms in total. The van der Waals surface area contributed by atoms with Crippen LogP contribution < -0.4 is 5.32 Å². The van der Waals surface area contributed by atoms with Crippen LogP contribution in [-0.4, -0.2) is 50.5 Å². The van der Waals surface area contributed by atoms with Gasteiger partial charge < -0.3 is 15.0 Å². The Morgan fingerprint density at radius 1 is 1.23 bits per heavy atom. The molecule has 1 aromatic carbocycles. The summed E-state index contributed by atoms with van der Waals surface area (Å²) in [5.41, 5.74) is 1.01. The molecule has 30 heavy (non-hydrogen) atoms. The second-order valence-electron chi connectivity index (χ2n) is 6.84. The Labute approximate surface area is 178 Å². The number of esters is 1. The summed E-state index contributed by atoms with van der Waals surface area (Å²) < 4.78 is 29.3. The minimum Gasteiger partial charge on any atom is -0.462 e. The number of nitrogens with zero attached hydrogens (tertiary/aromatic N) is 1. The molecule has 10 heteroatoms. The van der Waals surface area contributed by atoms with Gasteiger partial charge in [0.05, 0.1) is 29.2 Å². The number of rotatable bonds is 5. The van der Waals surface area contributed by atoms with Gasteiger partial charge in [-0.1, -0.05) is 12.1 Å². The molecule has 1 aliphatic heterocycles. The van der Waals surface area contributed by atoms with Crippen molar-refractivity contribution in [2.45, 2.75) is 31.7 Å². The molecular formula is C20H22N2O6S2. The molecule has 2 aromatic rings. The maximum Gasteiger partial charge on any atom is 0.341 e. The quantitative estimate of drug-likeness (QED) is 0.701. The van der Waals surface area contributed by atoms with Crippen molar-refractivity contribution >= 4 is 44.0 Å². The Bertz CT molecular complexity index is 1120. The third kappa shape index (κ3) is 4.39. The normalized spacial score (nSPS) is 13.5. The summed E-state index contributed by atoms with van der Waals surface area (Å²) >= 11 is 1.20. The highest BCUT2D eigenvalue weighted by Crippen LogP contribution is 2.38. The summed E-state index contributed by atoms with van der Waals surface area (Å²) in [5.74, 6) is -1.26. The molecule has 1 N–H and O–H groups in total. The average Bonchev–Trinajstić information content (AvgIpc) is 3.04. The molecule has 0 spiro atoms. The minimum absolute atomic E-state index is 0.00783. The highest BCUT2D eigenvalue weighted by atomic mass is 32.2. The van der Waals surface area contributed by atoms with Crippen LogP contribution in [0.1, 0.15) is 45.0 Å². The molecule has 160 valence electrons. The van der Waals surface area contributed by atoms with Gasteiger partial charge in [-0.2, -0.15) is 0 Å². The van der Waals surface area contributed by atoms with Crippen molar-refractivity contribution in [2.24, 2.45) is 0 Å². The molecule has 0 bridgehead atoms. The molecule has 2 heterocycles. The van der Waals surface area contributed by atoms with Crippen molar-refractivity contribution in [3.8, 4) is 0 Å². The van der Waals surface area contributed by atoms with Crippen LogP contribution in [0.15, 0.2) is 29.2 Å². The summed E-state index contributed by atoms with van der Waals surface area (Å²) in [7, 11) is -3.62. The Morgan fingerprint density at radius 3 is 2.57 bits per heavy atom. The number of fused-ring (bicyclic) bond motifs is 1. The number of anilines is 1. The van der Waals surface area contributed by atoms with Crippen LogP contribution in [0.25, 0.3) is 0 Å². The summed E-state index contributed by atoms with van der Waals surface area (Å²) in [5, 5.41) is 2.98. The molecule has 0 atom stereocenters.